The summed E-state index contributed by atoms with van der Waals surface area (Å²) in [4.78, 5) is 17.1. The number of hydrogen-bond acceptors (Lipinski definition) is 2. The fourth-order valence-corrected chi connectivity index (χ4v) is 3.76. The molecule has 0 N–H and O–H groups in total. The molecular weight excluding hydrogens is 402 g/mol. The van der Waals surface area contributed by atoms with Crippen LogP contribution in [0.1, 0.15) is 85.3 Å². The van der Waals surface area contributed by atoms with Crippen LogP contribution in [0.15, 0.2) is 63.9 Å². The summed E-state index contributed by atoms with van der Waals surface area (Å²) >= 11 is 6.06. The number of aryl methyl sites for hydroxylation is 1. The normalized spacial score (nSPS) is 14.6. The van der Waals surface area contributed by atoms with Gasteiger partial charge < -0.3 is 0 Å². The van der Waals surface area contributed by atoms with E-state index in [2.05, 4.69) is 70.8 Å². The SMILES string of the molecule is C/C=C(C(\C)=C/C(C(=O)CCC)=C(\C)CC)/C(=C/c1cnc(Cl)cc1C)C(/C)=C/CC. The van der Waals surface area contributed by atoms with Gasteiger partial charge in [0.2, 0.25) is 0 Å². The number of carbonyl (C=O) groups excluding carboxylic acids is 1. The third-order valence-electron chi connectivity index (χ3n) is 5.49. The van der Waals surface area contributed by atoms with E-state index in [0.717, 1.165) is 58.3 Å². The monoisotopic (exact) mass is 439 g/mol. The van der Waals surface area contributed by atoms with Crippen molar-refractivity contribution in [3.8, 4) is 0 Å². The second kappa shape index (κ2) is 13.3. The minimum Gasteiger partial charge on any atom is -0.294 e. The van der Waals surface area contributed by atoms with E-state index in [0.29, 0.717) is 11.6 Å². The Kier molecular flexibility index (Phi) is 11.5. The molecule has 0 aliphatic carbocycles. The number of nitrogens with zero attached hydrogens (tertiary/aromatic N) is 1. The van der Waals surface area contributed by atoms with Gasteiger partial charge in [-0.2, -0.15) is 0 Å². The first-order valence-electron chi connectivity index (χ1n) is 11.3. The van der Waals surface area contributed by atoms with Crippen molar-refractivity contribution in [2.45, 2.75) is 81.1 Å². The topological polar surface area (TPSA) is 30.0 Å². The number of rotatable bonds is 10. The summed E-state index contributed by atoms with van der Waals surface area (Å²) in [7, 11) is 0. The number of Topliss-reactive ketones (excluding diaryl/α,β-unsaturated/α-hetero) is 1. The predicted octanol–water partition coefficient (Wildman–Crippen LogP) is 8.77. The zero-order chi connectivity index (χ0) is 23.6. The maximum absolute atomic E-state index is 12.8. The summed E-state index contributed by atoms with van der Waals surface area (Å²) in [6, 6.07) is 1.89. The zero-order valence-corrected chi connectivity index (χ0v) is 21.3. The molecule has 0 unspecified atom stereocenters. The Labute approximate surface area is 194 Å². The summed E-state index contributed by atoms with van der Waals surface area (Å²) in [5.41, 5.74) is 8.67. The molecule has 0 bridgehead atoms. The molecule has 1 heterocycles. The maximum Gasteiger partial charge on any atom is 0.162 e. The zero-order valence-electron chi connectivity index (χ0n) is 20.5. The third kappa shape index (κ3) is 7.78. The number of hydrogen-bond donors (Lipinski definition) is 0. The van der Waals surface area contributed by atoms with Crippen molar-refractivity contribution in [1.82, 2.24) is 4.98 Å². The molecule has 1 aromatic rings. The minimum atomic E-state index is 0.223. The van der Waals surface area contributed by atoms with Crippen molar-refractivity contribution in [3.05, 3.63) is 80.2 Å². The van der Waals surface area contributed by atoms with Crippen molar-refractivity contribution in [1.29, 1.82) is 0 Å². The Hall–Kier alpha value is -2.19. The van der Waals surface area contributed by atoms with Crippen molar-refractivity contribution < 1.29 is 4.79 Å². The van der Waals surface area contributed by atoms with E-state index >= 15 is 0 Å². The third-order valence-corrected chi connectivity index (χ3v) is 5.69. The van der Waals surface area contributed by atoms with Gasteiger partial charge in [0.15, 0.2) is 5.78 Å². The van der Waals surface area contributed by atoms with Crippen LogP contribution in [-0.4, -0.2) is 10.8 Å². The summed E-state index contributed by atoms with van der Waals surface area (Å²) in [6.45, 7) is 16.7. The van der Waals surface area contributed by atoms with Crippen molar-refractivity contribution in [2.75, 3.05) is 0 Å². The molecule has 168 valence electrons. The number of allylic oxidation sites excluding steroid dienone is 9. The fourth-order valence-electron chi connectivity index (χ4n) is 3.54. The molecule has 0 atom stereocenters. The summed E-state index contributed by atoms with van der Waals surface area (Å²) in [5.74, 6) is 0.223. The molecule has 0 aliphatic rings. The van der Waals surface area contributed by atoms with Crippen molar-refractivity contribution >= 4 is 23.5 Å². The average molecular weight is 440 g/mol. The molecule has 1 rings (SSSR count). The van der Waals surface area contributed by atoms with Crippen molar-refractivity contribution in [2.24, 2.45) is 0 Å². The lowest BCUT2D eigenvalue weighted by molar-refractivity contribution is -0.115. The summed E-state index contributed by atoms with van der Waals surface area (Å²) in [5, 5.41) is 0.499. The van der Waals surface area contributed by atoms with Crippen LogP contribution in [0.3, 0.4) is 0 Å². The van der Waals surface area contributed by atoms with Gasteiger partial charge in [0.1, 0.15) is 5.15 Å². The lowest BCUT2D eigenvalue weighted by Gasteiger charge is -2.16. The van der Waals surface area contributed by atoms with Crippen LogP contribution in [-0.2, 0) is 4.79 Å². The fraction of sp³-hybridized carbons (Fsp3) is 0.429. The number of carbonyl (C=O) groups is 1. The van der Waals surface area contributed by atoms with Crippen LogP contribution in [0.2, 0.25) is 5.15 Å². The molecule has 3 heteroatoms. The van der Waals surface area contributed by atoms with Gasteiger partial charge in [-0.25, -0.2) is 4.98 Å². The van der Waals surface area contributed by atoms with Gasteiger partial charge in [0.25, 0.3) is 0 Å². The standard InChI is InChI=1S/C28H38ClNO/c1-9-13-20(6)25(17-23-18-30-28(29)16-21(23)7)24(12-4)22(8)15-26(19(5)11-3)27(31)14-10-2/h12-13,15-18H,9-11,14H2,1-8H3/b20-13+,22-15-,24-12+,25-17+,26-19-. The molecule has 0 spiro atoms. The lowest BCUT2D eigenvalue weighted by Crippen LogP contribution is -2.04. The molecular formula is C28H38ClNO. The van der Waals surface area contributed by atoms with E-state index in [-0.39, 0.29) is 5.78 Å². The highest BCUT2D eigenvalue weighted by Crippen LogP contribution is 2.30. The van der Waals surface area contributed by atoms with E-state index in [1.165, 1.54) is 5.57 Å². The molecule has 2 nitrogen and oxygen atoms in total. The Morgan fingerprint density at radius 3 is 2.29 bits per heavy atom. The first-order valence-corrected chi connectivity index (χ1v) is 11.7. The lowest BCUT2D eigenvalue weighted by atomic mass is 9.88. The van der Waals surface area contributed by atoms with Crippen LogP contribution in [0.5, 0.6) is 0 Å². The van der Waals surface area contributed by atoms with Crippen LogP contribution >= 0.6 is 11.6 Å². The molecule has 0 saturated carbocycles. The van der Waals surface area contributed by atoms with Gasteiger partial charge in [0, 0.05) is 18.2 Å². The molecule has 1 aromatic heterocycles. The average Bonchev–Trinajstić information content (AvgIpc) is 2.73. The van der Waals surface area contributed by atoms with Gasteiger partial charge in [-0.15, -0.1) is 0 Å². The first-order chi connectivity index (χ1) is 14.7. The van der Waals surface area contributed by atoms with E-state index in [4.69, 9.17) is 11.6 Å². The highest BCUT2D eigenvalue weighted by molar-refractivity contribution is 6.29. The number of aromatic nitrogens is 1. The first kappa shape index (κ1) is 26.8. The maximum atomic E-state index is 12.8. The summed E-state index contributed by atoms with van der Waals surface area (Å²) in [6.07, 6.45) is 13.7. The second-order valence-corrected chi connectivity index (χ2v) is 8.35. The van der Waals surface area contributed by atoms with Crippen LogP contribution < -0.4 is 0 Å². The van der Waals surface area contributed by atoms with Crippen LogP contribution in [0.25, 0.3) is 6.08 Å². The van der Waals surface area contributed by atoms with Gasteiger partial charge in [-0.3, -0.25) is 4.79 Å². The molecule has 31 heavy (non-hydrogen) atoms. The Morgan fingerprint density at radius 2 is 1.77 bits per heavy atom. The van der Waals surface area contributed by atoms with E-state index in [1.807, 2.05) is 26.1 Å². The quantitative estimate of drug-likeness (QED) is 0.207. The molecule has 0 aromatic carbocycles. The highest BCUT2D eigenvalue weighted by atomic mass is 35.5. The predicted molar refractivity (Wildman–Crippen MR) is 136 cm³/mol. The Balaban J connectivity index is 3.65. The number of ketones is 1. The van der Waals surface area contributed by atoms with E-state index in [9.17, 15) is 4.79 Å². The molecule has 0 aliphatic heterocycles. The molecule has 0 fully saturated rings. The van der Waals surface area contributed by atoms with Gasteiger partial charge >= 0.3 is 0 Å². The van der Waals surface area contributed by atoms with Gasteiger partial charge in [-0.1, -0.05) is 50.1 Å². The Morgan fingerprint density at radius 1 is 1.10 bits per heavy atom. The molecule has 0 saturated heterocycles. The Bertz CT molecular complexity index is 942. The van der Waals surface area contributed by atoms with Gasteiger partial charge in [-0.05, 0) is 106 Å². The van der Waals surface area contributed by atoms with E-state index < -0.39 is 0 Å². The number of pyridine rings is 1. The van der Waals surface area contributed by atoms with Crippen molar-refractivity contribution in [3.63, 3.8) is 0 Å². The second-order valence-electron chi connectivity index (χ2n) is 7.97. The van der Waals surface area contributed by atoms with Crippen LogP contribution in [0.4, 0.5) is 0 Å². The highest BCUT2D eigenvalue weighted by Gasteiger charge is 2.14. The molecule has 0 amide bonds. The number of halogens is 1. The smallest absolute Gasteiger partial charge is 0.162 e. The van der Waals surface area contributed by atoms with E-state index in [1.54, 1.807) is 0 Å². The van der Waals surface area contributed by atoms with Crippen LogP contribution in [0, 0.1) is 6.92 Å². The largest absolute Gasteiger partial charge is 0.294 e. The van der Waals surface area contributed by atoms with Gasteiger partial charge in [0.05, 0.1) is 0 Å². The molecule has 0 radical (unpaired) electrons. The summed E-state index contributed by atoms with van der Waals surface area (Å²) < 4.78 is 0. The minimum absolute atomic E-state index is 0.223.